The lowest BCUT2D eigenvalue weighted by atomic mass is 10.2. The van der Waals surface area contributed by atoms with Crippen LogP contribution in [0.25, 0.3) is 11.5 Å². The van der Waals surface area contributed by atoms with Crippen molar-refractivity contribution >= 4 is 27.3 Å². The van der Waals surface area contributed by atoms with Crippen LogP contribution in [0.3, 0.4) is 0 Å². The topological polar surface area (TPSA) is 121 Å². The summed E-state index contributed by atoms with van der Waals surface area (Å²) in [5.74, 6) is -0.861. The largest absolute Gasteiger partial charge is 0.463 e. The molecule has 3 N–H and O–H groups in total. The molecule has 0 atom stereocenters. The zero-order chi connectivity index (χ0) is 22.7. The third kappa shape index (κ3) is 4.44. The number of hydrogen-bond donors (Lipinski definition) is 3. The van der Waals surface area contributed by atoms with E-state index in [4.69, 9.17) is 4.42 Å². The van der Waals surface area contributed by atoms with E-state index in [1.807, 2.05) is 0 Å². The molecule has 0 saturated heterocycles. The van der Waals surface area contributed by atoms with Crippen LogP contribution < -0.4 is 15.6 Å². The van der Waals surface area contributed by atoms with Gasteiger partial charge in [-0.1, -0.05) is 12.1 Å². The Labute approximate surface area is 181 Å². The summed E-state index contributed by atoms with van der Waals surface area (Å²) < 4.78 is 45.9. The van der Waals surface area contributed by atoms with Gasteiger partial charge < -0.3 is 14.7 Å². The molecular weight excluding hydrogens is 437 g/mol. The Morgan fingerprint density at radius 2 is 1.62 bits per heavy atom. The molecule has 2 aromatic heterocycles. The fourth-order valence-electron chi connectivity index (χ4n) is 2.92. The van der Waals surface area contributed by atoms with Gasteiger partial charge >= 0.3 is 0 Å². The first kappa shape index (κ1) is 21.1. The quantitative estimate of drug-likeness (QED) is 0.410. The summed E-state index contributed by atoms with van der Waals surface area (Å²) in [6.45, 7) is 0. The fourth-order valence-corrected chi connectivity index (χ4v) is 4.00. The third-order valence-corrected chi connectivity index (χ3v) is 5.87. The van der Waals surface area contributed by atoms with E-state index in [1.54, 1.807) is 24.3 Å². The number of nitrogens with one attached hydrogen (secondary N) is 3. The summed E-state index contributed by atoms with van der Waals surface area (Å²) >= 11 is 0. The van der Waals surface area contributed by atoms with Gasteiger partial charge in [0, 0.05) is 0 Å². The van der Waals surface area contributed by atoms with E-state index >= 15 is 0 Å². The standard InChI is InChI=1S/C22H16FN3O5S/c23-14-7-9-15(10-8-14)32(29,30)26-18-5-2-1-4-17(18)24-21(27)16-11-12-19(25-22(16)28)20-6-3-13-31-20/h1-13,26H,(H,24,27)(H,25,28). The van der Waals surface area contributed by atoms with Crippen molar-refractivity contribution in [3.8, 4) is 11.5 Å². The van der Waals surface area contributed by atoms with Crippen LogP contribution in [-0.2, 0) is 10.0 Å². The molecule has 0 spiro atoms. The van der Waals surface area contributed by atoms with Crippen molar-refractivity contribution in [3.63, 3.8) is 0 Å². The minimum atomic E-state index is -4.04. The first-order chi connectivity index (χ1) is 15.3. The number of carbonyl (C=O) groups excluding carboxylic acids is 1. The molecule has 10 heteroatoms. The number of halogens is 1. The molecule has 4 aromatic rings. The summed E-state index contributed by atoms with van der Waals surface area (Å²) in [6.07, 6.45) is 1.46. The Balaban J connectivity index is 1.57. The van der Waals surface area contributed by atoms with Gasteiger partial charge in [-0.05, 0) is 60.7 Å². The van der Waals surface area contributed by atoms with Crippen LogP contribution in [-0.4, -0.2) is 19.3 Å². The van der Waals surface area contributed by atoms with E-state index in [2.05, 4.69) is 15.0 Å². The summed E-state index contributed by atoms with van der Waals surface area (Å²) in [5, 5.41) is 2.54. The summed E-state index contributed by atoms with van der Waals surface area (Å²) in [7, 11) is -4.04. The number of para-hydroxylation sites is 2. The predicted molar refractivity (Wildman–Crippen MR) is 116 cm³/mol. The van der Waals surface area contributed by atoms with E-state index in [1.165, 1.54) is 30.5 Å². The molecule has 0 aliphatic heterocycles. The lowest BCUT2D eigenvalue weighted by molar-refractivity contribution is 0.102. The number of aromatic nitrogens is 1. The second kappa shape index (κ2) is 8.52. The van der Waals surface area contributed by atoms with Crippen LogP contribution in [0.2, 0.25) is 0 Å². The molecule has 162 valence electrons. The van der Waals surface area contributed by atoms with Gasteiger partial charge in [-0.15, -0.1) is 0 Å². The number of aromatic amines is 1. The zero-order valence-electron chi connectivity index (χ0n) is 16.3. The molecule has 4 rings (SSSR count). The number of amides is 1. The zero-order valence-corrected chi connectivity index (χ0v) is 17.1. The Bertz CT molecular complexity index is 1430. The highest BCUT2D eigenvalue weighted by Gasteiger charge is 2.18. The number of pyridine rings is 1. The highest BCUT2D eigenvalue weighted by molar-refractivity contribution is 7.92. The van der Waals surface area contributed by atoms with Gasteiger partial charge in [0.05, 0.1) is 28.2 Å². The third-order valence-electron chi connectivity index (χ3n) is 4.48. The average molecular weight is 453 g/mol. The molecule has 1 amide bonds. The molecule has 2 heterocycles. The number of anilines is 2. The van der Waals surface area contributed by atoms with Crippen LogP contribution in [0, 0.1) is 5.82 Å². The Morgan fingerprint density at radius 3 is 2.28 bits per heavy atom. The van der Waals surface area contributed by atoms with Crippen molar-refractivity contribution in [3.05, 3.63) is 101 Å². The molecule has 2 aromatic carbocycles. The van der Waals surface area contributed by atoms with Crippen LogP contribution >= 0.6 is 0 Å². The van der Waals surface area contributed by atoms with Crippen molar-refractivity contribution in [2.75, 3.05) is 10.0 Å². The minimum absolute atomic E-state index is 0.0776. The summed E-state index contributed by atoms with van der Waals surface area (Å²) in [5.41, 5.74) is -0.187. The molecule has 32 heavy (non-hydrogen) atoms. The Morgan fingerprint density at radius 1 is 0.906 bits per heavy atom. The van der Waals surface area contributed by atoms with Crippen molar-refractivity contribution < 1.29 is 22.0 Å². The highest BCUT2D eigenvalue weighted by Crippen LogP contribution is 2.25. The maximum Gasteiger partial charge on any atom is 0.261 e. The number of sulfonamides is 1. The van der Waals surface area contributed by atoms with Gasteiger partial charge in [-0.3, -0.25) is 14.3 Å². The lowest BCUT2D eigenvalue weighted by Crippen LogP contribution is -2.24. The van der Waals surface area contributed by atoms with Crippen LogP contribution in [0.1, 0.15) is 10.4 Å². The average Bonchev–Trinajstić information content (AvgIpc) is 3.30. The molecule has 0 aliphatic rings. The fraction of sp³-hybridized carbons (Fsp3) is 0. The van der Waals surface area contributed by atoms with Gasteiger partial charge in [0.15, 0.2) is 0 Å². The maximum atomic E-state index is 13.1. The molecular formula is C22H16FN3O5S. The SMILES string of the molecule is O=C(Nc1ccccc1NS(=O)(=O)c1ccc(F)cc1)c1ccc(-c2ccco2)[nH]c1=O. The van der Waals surface area contributed by atoms with Crippen LogP contribution in [0.5, 0.6) is 0 Å². The summed E-state index contributed by atoms with van der Waals surface area (Å²) in [6, 6.07) is 16.6. The smallest absolute Gasteiger partial charge is 0.261 e. The number of furan rings is 1. The van der Waals surface area contributed by atoms with E-state index in [0.29, 0.717) is 11.5 Å². The van der Waals surface area contributed by atoms with E-state index < -0.39 is 27.3 Å². The Kier molecular flexibility index (Phi) is 5.61. The molecule has 0 unspecified atom stereocenters. The van der Waals surface area contributed by atoms with Crippen molar-refractivity contribution in [2.24, 2.45) is 0 Å². The van der Waals surface area contributed by atoms with Crippen LogP contribution in [0.15, 0.2) is 93.2 Å². The molecule has 0 saturated carbocycles. The van der Waals surface area contributed by atoms with Gasteiger partial charge in [-0.2, -0.15) is 0 Å². The van der Waals surface area contributed by atoms with Gasteiger partial charge in [0.1, 0.15) is 17.1 Å². The lowest BCUT2D eigenvalue weighted by Gasteiger charge is -2.13. The molecule has 8 nitrogen and oxygen atoms in total. The van der Waals surface area contributed by atoms with E-state index in [9.17, 15) is 22.4 Å². The van der Waals surface area contributed by atoms with Crippen molar-refractivity contribution in [1.29, 1.82) is 0 Å². The van der Waals surface area contributed by atoms with Crippen molar-refractivity contribution in [1.82, 2.24) is 4.98 Å². The minimum Gasteiger partial charge on any atom is -0.463 e. The van der Waals surface area contributed by atoms with E-state index in [-0.39, 0.29) is 21.8 Å². The highest BCUT2D eigenvalue weighted by atomic mass is 32.2. The monoisotopic (exact) mass is 453 g/mol. The van der Waals surface area contributed by atoms with Crippen LogP contribution in [0.4, 0.5) is 15.8 Å². The number of hydrogen-bond acceptors (Lipinski definition) is 5. The number of carbonyl (C=O) groups is 1. The molecule has 0 fully saturated rings. The number of rotatable bonds is 6. The van der Waals surface area contributed by atoms with Gasteiger partial charge in [0.2, 0.25) is 0 Å². The maximum absolute atomic E-state index is 13.1. The number of benzene rings is 2. The predicted octanol–water partition coefficient (Wildman–Crippen LogP) is 3.83. The summed E-state index contributed by atoms with van der Waals surface area (Å²) in [4.78, 5) is 27.5. The second-order valence-electron chi connectivity index (χ2n) is 6.65. The molecule has 0 aliphatic carbocycles. The van der Waals surface area contributed by atoms with Gasteiger partial charge in [0.25, 0.3) is 21.5 Å². The molecule has 0 bridgehead atoms. The first-order valence-corrected chi connectivity index (χ1v) is 10.8. The van der Waals surface area contributed by atoms with E-state index in [0.717, 1.165) is 24.3 Å². The normalized spacial score (nSPS) is 11.2. The molecule has 0 radical (unpaired) electrons. The second-order valence-corrected chi connectivity index (χ2v) is 8.33. The van der Waals surface area contributed by atoms with Gasteiger partial charge in [-0.25, -0.2) is 12.8 Å². The Hall–Kier alpha value is -4.18. The number of H-pyrrole nitrogens is 1. The first-order valence-electron chi connectivity index (χ1n) is 9.29. The van der Waals surface area contributed by atoms with Crippen molar-refractivity contribution in [2.45, 2.75) is 4.90 Å².